The summed E-state index contributed by atoms with van der Waals surface area (Å²) in [5.74, 6) is -0.613. The fourth-order valence-electron chi connectivity index (χ4n) is 3.27. The fraction of sp³-hybridized carbons (Fsp3) is 0.286. The molecular formula is C21H20N6O5S. The first kappa shape index (κ1) is 22.3. The first-order valence-electron chi connectivity index (χ1n) is 10.2. The van der Waals surface area contributed by atoms with Gasteiger partial charge in [-0.15, -0.1) is 21.5 Å². The van der Waals surface area contributed by atoms with Crippen LogP contribution in [0.25, 0.3) is 11.3 Å². The van der Waals surface area contributed by atoms with Crippen molar-refractivity contribution in [2.75, 3.05) is 23.3 Å². The molecule has 1 saturated heterocycles. The molecule has 1 aliphatic rings. The molecule has 170 valence electrons. The average Bonchev–Trinajstić information content (AvgIpc) is 3.52. The van der Waals surface area contributed by atoms with Crippen LogP contribution in [-0.2, 0) is 9.53 Å². The Labute approximate surface area is 192 Å². The predicted octanol–water partition coefficient (Wildman–Crippen LogP) is 3.29. The summed E-state index contributed by atoms with van der Waals surface area (Å²) in [7, 11) is 0. The smallest absolute Gasteiger partial charge is 0.359 e. The standard InChI is InChI=1S/C21H20N6O5S/c1-13(32-20(29)16-7-8-18(25-24-16)26-9-2-3-10-26)19(28)23-21-22-17(12-33-21)14-5-4-6-15(11-14)27(30)31/h4-8,11-13H,2-3,9-10H2,1H3,(H,22,23,28). The van der Waals surface area contributed by atoms with Gasteiger partial charge in [0.25, 0.3) is 11.6 Å². The minimum atomic E-state index is -1.09. The molecule has 12 heteroatoms. The van der Waals surface area contributed by atoms with E-state index in [1.165, 1.54) is 25.1 Å². The van der Waals surface area contributed by atoms with E-state index in [0.717, 1.165) is 37.3 Å². The van der Waals surface area contributed by atoms with Crippen LogP contribution in [0.5, 0.6) is 0 Å². The molecule has 0 aliphatic carbocycles. The number of nitrogens with one attached hydrogen (secondary N) is 1. The molecule has 2 aromatic heterocycles. The van der Waals surface area contributed by atoms with E-state index in [4.69, 9.17) is 4.74 Å². The Morgan fingerprint density at radius 3 is 2.70 bits per heavy atom. The number of hydrogen-bond acceptors (Lipinski definition) is 10. The molecule has 33 heavy (non-hydrogen) atoms. The van der Waals surface area contributed by atoms with Crippen LogP contribution in [0.1, 0.15) is 30.3 Å². The van der Waals surface area contributed by atoms with Crippen LogP contribution in [0.3, 0.4) is 0 Å². The zero-order chi connectivity index (χ0) is 23.4. The molecule has 1 fully saturated rings. The highest BCUT2D eigenvalue weighted by molar-refractivity contribution is 7.14. The zero-order valence-electron chi connectivity index (χ0n) is 17.6. The highest BCUT2D eigenvalue weighted by Gasteiger charge is 2.22. The highest BCUT2D eigenvalue weighted by atomic mass is 32.1. The van der Waals surface area contributed by atoms with Gasteiger partial charge in [0.15, 0.2) is 22.7 Å². The second kappa shape index (κ2) is 9.69. The molecule has 0 saturated carbocycles. The third-order valence-electron chi connectivity index (χ3n) is 5.03. The summed E-state index contributed by atoms with van der Waals surface area (Å²) >= 11 is 1.15. The molecule has 11 nitrogen and oxygen atoms in total. The number of ether oxygens (including phenoxy) is 1. The van der Waals surface area contributed by atoms with E-state index < -0.39 is 22.9 Å². The molecule has 1 aliphatic heterocycles. The van der Waals surface area contributed by atoms with Crippen molar-refractivity contribution in [1.29, 1.82) is 0 Å². The number of nitro benzene ring substituents is 1. The third kappa shape index (κ3) is 5.29. The van der Waals surface area contributed by atoms with Gasteiger partial charge in [-0.3, -0.25) is 20.2 Å². The van der Waals surface area contributed by atoms with Crippen molar-refractivity contribution >= 4 is 39.9 Å². The van der Waals surface area contributed by atoms with Crippen molar-refractivity contribution in [3.05, 3.63) is 57.6 Å². The number of carbonyl (C=O) groups excluding carboxylic acids is 2. The number of non-ortho nitro benzene ring substituents is 1. The number of nitro groups is 1. The van der Waals surface area contributed by atoms with Gasteiger partial charge in [-0.05, 0) is 31.9 Å². The Balaban J connectivity index is 1.34. The average molecular weight is 468 g/mol. The first-order chi connectivity index (χ1) is 15.9. The number of anilines is 2. The quantitative estimate of drug-likeness (QED) is 0.314. The van der Waals surface area contributed by atoms with E-state index in [1.807, 2.05) is 0 Å². The van der Waals surface area contributed by atoms with Gasteiger partial charge in [-0.25, -0.2) is 9.78 Å². The van der Waals surface area contributed by atoms with Gasteiger partial charge in [0.2, 0.25) is 0 Å². The molecule has 1 amide bonds. The van der Waals surface area contributed by atoms with Crippen molar-refractivity contribution in [2.45, 2.75) is 25.9 Å². The third-order valence-corrected chi connectivity index (χ3v) is 5.79. The number of benzene rings is 1. The van der Waals surface area contributed by atoms with Gasteiger partial charge in [-0.2, -0.15) is 0 Å². The zero-order valence-corrected chi connectivity index (χ0v) is 18.4. The van der Waals surface area contributed by atoms with Gasteiger partial charge in [0.1, 0.15) is 0 Å². The Hall–Kier alpha value is -3.93. The Bertz CT molecular complexity index is 1180. The normalized spacial score (nSPS) is 14.0. The molecule has 4 rings (SSSR count). The van der Waals surface area contributed by atoms with E-state index in [9.17, 15) is 19.7 Å². The molecule has 1 atom stereocenters. The maximum Gasteiger partial charge on any atom is 0.359 e. The van der Waals surface area contributed by atoms with Crippen LogP contribution < -0.4 is 10.2 Å². The maximum atomic E-state index is 12.4. The van der Waals surface area contributed by atoms with Crippen molar-refractivity contribution in [3.8, 4) is 11.3 Å². The van der Waals surface area contributed by atoms with Crippen LogP contribution in [0.2, 0.25) is 0 Å². The van der Waals surface area contributed by atoms with Crippen molar-refractivity contribution in [3.63, 3.8) is 0 Å². The van der Waals surface area contributed by atoms with E-state index >= 15 is 0 Å². The lowest BCUT2D eigenvalue weighted by molar-refractivity contribution is -0.384. The van der Waals surface area contributed by atoms with E-state index in [1.54, 1.807) is 23.6 Å². The lowest BCUT2D eigenvalue weighted by atomic mass is 10.1. The van der Waals surface area contributed by atoms with Crippen molar-refractivity contribution in [1.82, 2.24) is 15.2 Å². The summed E-state index contributed by atoms with van der Waals surface area (Å²) < 4.78 is 5.20. The Morgan fingerprint density at radius 1 is 1.21 bits per heavy atom. The SMILES string of the molecule is CC(OC(=O)c1ccc(N2CCCC2)nn1)C(=O)Nc1nc(-c2cccc([N+](=O)[O-])c2)cs1. The van der Waals surface area contributed by atoms with Crippen molar-refractivity contribution < 1.29 is 19.2 Å². The Morgan fingerprint density at radius 2 is 2.00 bits per heavy atom. The number of amides is 1. The molecule has 0 spiro atoms. The minimum absolute atomic E-state index is 0.0137. The molecule has 0 bridgehead atoms. The molecule has 3 heterocycles. The highest BCUT2D eigenvalue weighted by Crippen LogP contribution is 2.27. The number of nitrogens with zero attached hydrogens (tertiary/aromatic N) is 5. The number of thiazole rings is 1. The number of aromatic nitrogens is 3. The summed E-state index contributed by atoms with van der Waals surface area (Å²) in [6.07, 6.45) is 1.11. The summed E-state index contributed by atoms with van der Waals surface area (Å²) in [5.41, 5.74) is 0.997. The monoisotopic (exact) mass is 468 g/mol. The molecule has 1 aromatic carbocycles. The fourth-order valence-corrected chi connectivity index (χ4v) is 4.00. The maximum absolute atomic E-state index is 12.4. The van der Waals surface area contributed by atoms with Gasteiger partial charge in [0.05, 0.1) is 10.6 Å². The van der Waals surface area contributed by atoms with Gasteiger partial charge in [0, 0.05) is 36.2 Å². The van der Waals surface area contributed by atoms with E-state index in [2.05, 4.69) is 25.4 Å². The van der Waals surface area contributed by atoms with Crippen LogP contribution in [0.4, 0.5) is 16.6 Å². The number of carbonyl (C=O) groups is 2. The molecular weight excluding hydrogens is 448 g/mol. The number of esters is 1. The van der Waals surface area contributed by atoms with Crippen LogP contribution >= 0.6 is 11.3 Å². The predicted molar refractivity (Wildman–Crippen MR) is 121 cm³/mol. The lowest BCUT2D eigenvalue weighted by Crippen LogP contribution is -2.30. The molecule has 0 radical (unpaired) electrons. The first-order valence-corrected chi connectivity index (χ1v) is 11.1. The largest absolute Gasteiger partial charge is 0.448 e. The van der Waals surface area contributed by atoms with Gasteiger partial charge in [-0.1, -0.05) is 12.1 Å². The summed E-state index contributed by atoms with van der Waals surface area (Å²) in [5, 5.41) is 23.5. The molecule has 3 aromatic rings. The van der Waals surface area contributed by atoms with Gasteiger partial charge < -0.3 is 9.64 Å². The molecule has 1 N–H and O–H groups in total. The number of hydrogen-bond donors (Lipinski definition) is 1. The number of rotatable bonds is 7. The van der Waals surface area contributed by atoms with Crippen LogP contribution in [0, 0.1) is 10.1 Å². The Kier molecular flexibility index (Phi) is 6.54. The van der Waals surface area contributed by atoms with E-state index in [-0.39, 0.29) is 16.5 Å². The van der Waals surface area contributed by atoms with Gasteiger partial charge >= 0.3 is 5.97 Å². The second-order valence-corrected chi connectivity index (χ2v) is 8.21. The molecule has 1 unspecified atom stereocenters. The van der Waals surface area contributed by atoms with E-state index in [0.29, 0.717) is 17.1 Å². The lowest BCUT2D eigenvalue weighted by Gasteiger charge is -2.15. The summed E-state index contributed by atoms with van der Waals surface area (Å²) in [6, 6.07) is 9.28. The summed E-state index contributed by atoms with van der Waals surface area (Å²) in [6.45, 7) is 3.26. The topological polar surface area (TPSA) is 140 Å². The minimum Gasteiger partial charge on any atom is -0.448 e. The van der Waals surface area contributed by atoms with Crippen LogP contribution in [-0.4, -0.2) is 51.2 Å². The summed E-state index contributed by atoms with van der Waals surface area (Å²) in [4.78, 5) is 41.6. The van der Waals surface area contributed by atoms with Crippen molar-refractivity contribution in [2.24, 2.45) is 0 Å². The van der Waals surface area contributed by atoms with Crippen LogP contribution in [0.15, 0.2) is 41.8 Å². The second-order valence-electron chi connectivity index (χ2n) is 7.35.